The van der Waals surface area contributed by atoms with Gasteiger partial charge < -0.3 is 9.47 Å². The minimum Gasteiger partial charge on any atom is -0.377 e. The minimum atomic E-state index is -0.475. The predicted molar refractivity (Wildman–Crippen MR) is 68.0 cm³/mol. The number of likely N-dealkylation sites (tertiary alicyclic amines) is 1. The van der Waals surface area contributed by atoms with Gasteiger partial charge >= 0.3 is 0 Å². The molecule has 19 heavy (non-hydrogen) atoms. The van der Waals surface area contributed by atoms with Gasteiger partial charge in [-0.15, -0.1) is 0 Å². The molecule has 0 amide bonds. The maximum absolute atomic E-state index is 13.2. The highest BCUT2D eigenvalue weighted by atomic mass is 19.1. The number of hydrogen-bond acceptors (Lipinski definition) is 4. The third-order valence-electron chi connectivity index (χ3n) is 3.45. The van der Waals surface area contributed by atoms with E-state index in [1.54, 1.807) is 26.4 Å². The number of ether oxygens (including phenoxy) is 2. The number of hydrogen-bond donors (Lipinski definition) is 0. The van der Waals surface area contributed by atoms with E-state index >= 15 is 0 Å². The van der Waals surface area contributed by atoms with E-state index in [-0.39, 0.29) is 17.8 Å². The first kappa shape index (κ1) is 13.9. The van der Waals surface area contributed by atoms with Crippen molar-refractivity contribution in [2.24, 2.45) is 0 Å². The normalized spacial score (nSPS) is 23.5. The number of nitriles is 1. The van der Waals surface area contributed by atoms with E-state index in [9.17, 15) is 4.39 Å². The largest absolute Gasteiger partial charge is 0.377 e. The van der Waals surface area contributed by atoms with Gasteiger partial charge in [-0.05, 0) is 17.7 Å². The summed E-state index contributed by atoms with van der Waals surface area (Å²) in [5.41, 5.74) is 1.01. The van der Waals surface area contributed by atoms with Crippen LogP contribution >= 0.6 is 0 Å². The van der Waals surface area contributed by atoms with Crippen molar-refractivity contribution in [1.29, 1.82) is 5.26 Å². The molecule has 102 valence electrons. The summed E-state index contributed by atoms with van der Waals surface area (Å²) >= 11 is 0. The first-order valence-corrected chi connectivity index (χ1v) is 6.14. The summed E-state index contributed by atoms with van der Waals surface area (Å²) in [5.74, 6) is -0.475. The molecule has 2 unspecified atom stereocenters. The van der Waals surface area contributed by atoms with Crippen LogP contribution in [-0.2, 0) is 16.0 Å². The summed E-state index contributed by atoms with van der Waals surface area (Å²) in [6.07, 6.45) is 0.113. The molecule has 5 heteroatoms. The van der Waals surface area contributed by atoms with Crippen molar-refractivity contribution in [1.82, 2.24) is 4.90 Å². The highest BCUT2D eigenvalue weighted by Gasteiger charge is 2.32. The molecule has 0 aromatic heterocycles. The van der Waals surface area contributed by atoms with E-state index in [1.807, 2.05) is 6.07 Å². The molecule has 1 saturated heterocycles. The zero-order valence-electron chi connectivity index (χ0n) is 11.1. The van der Waals surface area contributed by atoms with Crippen molar-refractivity contribution in [2.45, 2.75) is 18.8 Å². The molecule has 1 fully saturated rings. The van der Waals surface area contributed by atoms with E-state index < -0.39 is 5.82 Å². The molecule has 2 atom stereocenters. The number of benzene rings is 1. The molecule has 0 aliphatic carbocycles. The molecule has 0 N–H and O–H groups in total. The molecular formula is C14H17FN2O2. The van der Waals surface area contributed by atoms with Crippen LogP contribution < -0.4 is 0 Å². The third kappa shape index (κ3) is 3.10. The molecule has 0 bridgehead atoms. The summed E-state index contributed by atoms with van der Waals surface area (Å²) in [7, 11) is 3.34. The lowest BCUT2D eigenvalue weighted by molar-refractivity contribution is -0.00461. The van der Waals surface area contributed by atoms with Gasteiger partial charge in [0.05, 0.1) is 17.8 Å². The van der Waals surface area contributed by atoms with E-state index in [0.717, 1.165) is 18.7 Å². The predicted octanol–water partition coefficient (Wildman–Crippen LogP) is 1.54. The van der Waals surface area contributed by atoms with Gasteiger partial charge in [0.25, 0.3) is 0 Å². The van der Waals surface area contributed by atoms with Crippen LogP contribution in [0.5, 0.6) is 0 Å². The highest BCUT2D eigenvalue weighted by molar-refractivity contribution is 5.34. The molecule has 2 rings (SSSR count). The van der Waals surface area contributed by atoms with Crippen molar-refractivity contribution in [2.75, 3.05) is 27.3 Å². The van der Waals surface area contributed by atoms with Crippen LogP contribution in [0.25, 0.3) is 0 Å². The zero-order valence-corrected chi connectivity index (χ0v) is 11.1. The van der Waals surface area contributed by atoms with E-state index in [4.69, 9.17) is 14.7 Å². The maximum atomic E-state index is 13.2. The zero-order chi connectivity index (χ0) is 13.8. The Labute approximate surface area is 112 Å². The summed E-state index contributed by atoms with van der Waals surface area (Å²) in [5, 5.41) is 8.82. The van der Waals surface area contributed by atoms with Crippen molar-refractivity contribution in [3.8, 4) is 6.07 Å². The first-order valence-electron chi connectivity index (χ1n) is 6.14. The van der Waals surface area contributed by atoms with Gasteiger partial charge in [0, 0.05) is 33.9 Å². The molecule has 4 nitrogen and oxygen atoms in total. The van der Waals surface area contributed by atoms with Crippen molar-refractivity contribution < 1.29 is 13.9 Å². The summed E-state index contributed by atoms with van der Waals surface area (Å²) < 4.78 is 24.0. The summed E-state index contributed by atoms with van der Waals surface area (Å²) in [6, 6.07) is 6.50. The molecule has 0 saturated carbocycles. The fourth-order valence-corrected chi connectivity index (χ4v) is 2.42. The molecule has 1 aliphatic rings. The topological polar surface area (TPSA) is 45.5 Å². The van der Waals surface area contributed by atoms with Gasteiger partial charge in [-0.1, -0.05) is 6.07 Å². The average molecular weight is 264 g/mol. The van der Waals surface area contributed by atoms with Gasteiger partial charge in [0.15, 0.2) is 0 Å². The molecular weight excluding hydrogens is 247 g/mol. The molecule has 1 aromatic rings. The first-order chi connectivity index (χ1) is 9.17. The second-order valence-corrected chi connectivity index (χ2v) is 4.67. The third-order valence-corrected chi connectivity index (χ3v) is 3.45. The lowest BCUT2D eigenvalue weighted by Crippen LogP contribution is -2.27. The second kappa shape index (κ2) is 6.11. The van der Waals surface area contributed by atoms with Crippen molar-refractivity contribution >= 4 is 0 Å². The van der Waals surface area contributed by atoms with Crippen molar-refractivity contribution in [3.63, 3.8) is 0 Å². The van der Waals surface area contributed by atoms with Crippen LogP contribution in [-0.4, -0.2) is 44.4 Å². The lowest BCUT2D eigenvalue weighted by Gasteiger charge is -2.15. The Morgan fingerprint density at radius 2 is 1.95 bits per heavy atom. The SMILES string of the molecule is COC1CN(Cc2ccc(F)c(C#N)c2)CC1OC. The van der Waals surface area contributed by atoms with E-state index in [0.29, 0.717) is 6.54 Å². The van der Waals surface area contributed by atoms with Gasteiger partial charge in [-0.2, -0.15) is 5.26 Å². The number of rotatable bonds is 4. The average Bonchev–Trinajstić information content (AvgIpc) is 2.83. The molecule has 1 heterocycles. The summed E-state index contributed by atoms with van der Waals surface area (Å²) in [6.45, 7) is 2.21. The lowest BCUT2D eigenvalue weighted by atomic mass is 10.1. The van der Waals surface area contributed by atoms with Crippen LogP contribution in [0.2, 0.25) is 0 Å². The maximum Gasteiger partial charge on any atom is 0.140 e. The van der Waals surface area contributed by atoms with Crippen LogP contribution in [0, 0.1) is 17.1 Å². The Kier molecular flexibility index (Phi) is 4.48. The second-order valence-electron chi connectivity index (χ2n) is 4.67. The van der Waals surface area contributed by atoms with Crippen LogP contribution in [0.3, 0.4) is 0 Å². The van der Waals surface area contributed by atoms with Gasteiger partial charge in [0.2, 0.25) is 0 Å². The fourth-order valence-electron chi connectivity index (χ4n) is 2.42. The van der Waals surface area contributed by atoms with Gasteiger partial charge in [-0.25, -0.2) is 4.39 Å². The number of nitrogens with zero attached hydrogens (tertiary/aromatic N) is 2. The van der Waals surface area contributed by atoms with Crippen LogP contribution in [0.15, 0.2) is 18.2 Å². The van der Waals surface area contributed by atoms with Crippen molar-refractivity contribution in [3.05, 3.63) is 35.1 Å². The fraction of sp³-hybridized carbons (Fsp3) is 0.500. The Bertz CT molecular complexity index is 475. The Balaban J connectivity index is 2.05. The number of halogens is 1. The summed E-state index contributed by atoms with van der Waals surface area (Å²) in [4.78, 5) is 2.18. The van der Waals surface area contributed by atoms with Gasteiger partial charge in [-0.3, -0.25) is 4.90 Å². The Hall–Kier alpha value is -1.48. The Morgan fingerprint density at radius 1 is 1.32 bits per heavy atom. The van der Waals surface area contributed by atoms with Gasteiger partial charge in [0.1, 0.15) is 11.9 Å². The highest BCUT2D eigenvalue weighted by Crippen LogP contribution is 2.19. The van der Waals surface area contributed by atoms with Crippen LogP contribution in [0.4, 0.5) is 4.39 Å². The molecule has 1 aromatic carbocycles. The quantitative estimate of drug-likeness (QED) is 0.827. The smallest absolute Gasteiger partial charge is 0.140 e. The Morgan fingerprint density at radius 3 is 2.47 bits per heavy atom. The molecule has 0 radical (unpaired) electrons. The molecule has 0 spiro atoms. The van der Waals surface area contributed by atoms with E-state index in [1.165, 1.54) is 6.07 Å². The standard InChI is InChI=1S/C14H17FN2O2/c1-18-13-8-17(9-14(13)19-2)7-10-3-4-12(15)11(5-10)6-16/h3-5,13-14H,7-9H2,1-2H3. The van der Waals surface area contributed by atoms with Crippen LogP contribution in [0.1, 0.15) is 11.1 Å². The van der Waals surface area contributed by atoms with E-state index in [2.05, 4.69) is 4.90 Å². The monoisotopic (exact) mass is 264 g/mol. The minimum absolute atomic E-state index is 0.0564. The molecule has 1 aliphatic heterocycles. The number of methoxy groups -OCH3 is 2.